The molecule has 5 heteroatoms. The SMILES string of the molecule is [2H]c1c([2H])c([2H])c(-c2ccc(-n3c4ccccc4c4cccc(-n5c6ccccc6c6ccccc65)c43)cc2-c2nc(-c3ccccc3)nc(-c3ccc(-c4ccccc4)cc3)n2)c([2H])c1[2H]. The maximum atomic E-state index is 9.19. The van der Waals surface area contributed by atoms with Crippen molar-refractivity contribution in [1.82, 2.24) is 24.1 Å². The second kappa shape index (κ2) is 14.7. The van der Waals surface area contributed by atoms with Crippen LogP contribution in [0.5, 0.6) is 0 Å². The molecular weight excluding hydrogens is 755 g/mol. The van der Waals surface area contributed by atoms with E-state index >= 15 is 0 Å². The number of benzene rings is 9. The van der Waals surface area contributed by atoms with Crippen molar-refractivity contribution in [3.63, 3.8) is 0 Å². The highest BCUT2D eigenvalue weighted by Crippen LogP contribution is 2.41. The maximum absolute atomic E-state index is 9.19. The second-order valence-electron chi connectivity index (χ2n) is 15.2. The second-order valence-corrected chi connectivity index (χ2v) is 15.2. The Morgan fingerprint density at radius 1 is 0.339 bits per heavy atom. The first kappa shape index (κ1) is 30.6. The van der Waals surface area contributed by atoms with Gasteiger partial charge in [-0.3, -0.25) is 0 Å². The Morgan fingerprint density at radius 2 is 0.823 bits per heavy atom. The van der Waals surface area contributed by atoms with Crippen molar-refractivity contribution in [2.45, 2.75) is 0 Å². The van der Waals surface area contributed by atoms with Gasteiger partial charge in [0.15, 0.2) is 17.5 Å². The van der Waals surface area contributed by atoms with Gasteiger partial charge in [-0.05, 0) is 58.7 Å². The fourth-order valence-electron chi connectivity index (χ4n) is 8.87. The molecule has 12 aromatic rings. The van der Waals surface area contributed by atoms with Crippen LogP contribution in [0.25, 0.3) is 111 Å². The molecule has 5 nitrogen and oxygen atoms in total. The van der Waals surface area contributed by atoms with E-state index in [0.717, 1.165) is 77.2 Å². The molecular formula is C57H37N5. The predicted molar refractivity (Wildman–Crippen MR) is 256 cm³/mol. The minimum Gasteiger partial charge on any atom is -0.307 e. The summed E-state index contributed by atoms with van der Waals surface area (Å²) in [6.07, 6.45) is 0. The van der Waals surface area contributed by atoms with Gasteiger partial charge in [0.2, 0.25) is 0 Å². The van der Waals surface area contributed by atoms with E-state index < -0.39 is 18.1 Å². The van der Waals surface area contributed by atoms with Crippen molar-refractivity contribution in [2.75, 3.05) is 0 Å². The molecule has 3 aromatic heterocycles. The van der Waals surface area contributed by atoms with Gasteiger partial charge in [-0.1, -0.05) is 188 Å². The van der Waals surface area contributed by atoms with E-state index in [1.807, 2.05) is 97.1 Å². The molecule has 0 bridgehead atoms. The molecule has 0 unspecified atom stereocenters. The molecule has 62 heavy (non-hydrogen) atoms. The first-order chi connectivity index (χ1) is 32.8. The minimum absolute atomic E-state index is 0.0520. The number of rotatable bonds is 7. The zero-order chi connectivity index (χ0) is 45.3. The molecule has 0 atom stereocenters. The summed E-state index contributed by atoms with van der Waals surface area (Å²) in [6.45, 7) is 0. The molecule has 0 saturated carbocycles. The van der Waals surface area contributed by atoms with Gasteiger partial charge in [-0.25, -0.2) is 15.0 Å². The van der Waals surface area contributed by atoms with Gasteiger partial charge in [-0.2, -0.15) is 0 Å². The Balaban J connectivity index is 1.16. The fraction of sp³-hybridized carbons (Fsp3) is 0. The summed E-state index contributed by atoms with van der Waals surface area (Å²) < 4.78 is 48.9. The summed E-state index contributed by atoms with van der Waals surface area (Å²) in [4.78, 5) is 15.4. The lowest BCUT2D eigenvalue weighted by Gasteiger charge is -2.17. The summed E-state index contributed by atoms with van der Waals surface area (Å²) >= 11 is 0. The van der Waals surface area contributed by atoms with Gasteiger partial charge < -0.3 is 9.13 Å². The van der Waals surface area contributed by atoms with E-state index in [1.54, 1.807) is 0 Å². The van der Waals surface area contributed by atoms with Crippen molar-refractivity contribution < 1.29 is 6.85 Å². The molecule has 9 aromatic carbocycles. The Hall–Kier alpha value is -8.41. The van der Waals surface area contributed by atoms with Crippen LogP contribution < -0.4 is 0 Å². The van der Waals surface area contributed by atoms with Crippen molar-refractivity contribution in [1.29, 1.82) is 0 Å². The highest BCUT2D eigenvalue weighted by Gasteiger charge is 2.22. The van der Waals surface area contributed by atoms with Gasteiger partial charge in [0.25, 0.3) is 0 Å². The van der Waals surface area contributed by atoms with Crippen LogP contribution in [0.15, 0.2) is 224 Å². The van der Waals surface area contributed by atoms with Crippen LogP contribution in [0.1, 0.15) is 6.85 Å². The lowest BCUT2D eigenvalue weighted by atomic mass is 9.98. The number of hydrogen-bond donors (Lipinski definition) is 0. The highest BCUT2D eigenvalue weighted by atomic mass is 15.1. The van der Waals surface area contributed by atoms with Gasteiger partial charge in [0, 0.05) is 43.9 Å². The third-order valence-corrected chi connectivity index (χ3v) is 11.7. The molecule has 0 saturated heterocycles. The third-order valence-electron chi connectivity index (χ3n) is 11.7. The number of nitrogens with zero attached hydrogens (tertiary/aromatic N) is 5. The van der Waals surface area contributed by atoms with E-state index in [4.69, 9.17) is 19.1 Å². The first-order valence-electron chi connectivity index (χ1n) is 23.0. The maximum Gasteiger partial charge on any atom is 0.164 e. The highest BCUT2D eigenvalue weighted by molar-refractivity contribution is 6.15. The van der Waals surface area contributed by atoms with Crippen LogP contribution in [-0.4, -0.2) is 24.1 Å². The third kappa shape index (κ3) is 5.90. The number of hydrogen-bond acceptors (Lipinski definition) is 3. The summed E-state index contributed by atoms with van der Waals surface area (Å²) in [6, 6.07) is 63.5. The predicted octanol–water partition coefficient (Wildman–Crippen LogP) is 14.4. The van der Waals surface area contributed by atoms with Gasteiger partial charge in [0.05, 0.1) is 34.6 Å². The van der Waals surface area contributed by atoms with Crippen LogP contribution in [0.2, 0.25) is 0 Å². The molecule has 0 N–H and O–H groups in total. The van der Waals surface area contributed by atoms with Crippen LogP contribution in [-0.2, 0) is 0 Å². The fourth-order valence-corrected chi connectivity index (χ4v) is 8.87. The average Bonchev–Trinajstić information content (AvgIpc) is 3.91. The van der Waals surface area contributed by atoms with Crippen molar-refractivity contribution in [2.24, 2.45) is 0 Å². The molecule has 290 valence electrons. The lowest BCUT2D eigenvalue weighted by Crippen LogP contribution is -2.03. The Bertz CT molecular complexity index is 3840. The molecule has 12 rings (SSSR count). The first-order valence-corrected chi connectivity index (χ1v) is 20.5. The molecule has 0 amide bonds. The summed E-state index contributed by atoms with van der Waals surface area (Å²) in [5.41, 5.74) is 10.4. The Labute approximate surface area is 365 Å². The van der Waals surface area contributed by atoms with Crippen LogP contribution in [0, 0.1) is 0 Å². The van der Waals surface area contributed by atoms with E-state index in [9.17, 15) is 2.74 Å². The zero-order valence-electron chi connectivity index (χ0n) is 38.2. The zero-order valence-corrected chi connectivity index (χ0v) is 33.2. The van der Waals surface area contributed by atoms with E-state index in [-0.39, 0.29) is 23.5 Å². The minimum atomic E-state index is -0.465. The average molecular weight is 797 g/mol. The van der Waals surface area contributed by atoms with E-state index in [2.05, 4.69) is 106 Å². The summed E-state index contributed by atoms with van der Waals surface area (Å²) in [5, 5.41) is 4.42. The van der Waals surface area contributed by atoms with Crippen LogP contribution >= 0.6 is 0 Å². The smallest absolute Gasteiger partial charge is 0.164 e. The van der Waals surface area contributed by atoms with Crippen LogP contribution in [0.3, 0.4) is 0 Å². The molecule has 0 fully saturated rings. The van der Waals surface area contributed by atoms with Crippen molar-refractivity contribution in [3.8, 4) is 67.8 Å². The quantitative estimate of drug-likeness (QED) is 0.161. The molecule has 0 spiro atoms. The summed E-state index contributed by atoms with van der Waals surface area (Å²) in [5.74, 6) is 1.13. The number of fused-ring (bicyclic) bond motifs is 6. The lowest BCUT2D eigenvalue weighted by molar-refractivity contribution is 1.07. The summed E-state index contributed by atoms with van der Waals surface area (Å²) in [7, 11) is 0. The van der Waals surface area contributed by atoms with E-state index in [1.165, 1.54) is 0 Å². The monoisotopic (exact) mass is 796 g/mol. The molecule has 3 heterocycles. The molecule has 0 aliphatic heterocycles. The van der Waals surface area contributed by atoms with Gasteiger partial charge >= 0.3 is 0 Å². The molecule has 0 radical (unpaired) electrons. The van der Waals surface area contributed by atoms with E-state index in [0.29, 0.717) is 22.8 Å². The number of aromatic nitrogens is 5. The normalized spacial score (nSPS) is 12.7. The standard InChI is InChI=1S/C57H37N5/c1-4-17-38(18-5-1)39-31-33-42(34-32-39)56-58-55(41-21-8-3-9-22-41)59-57(60-56)49-37-43(35-36-44(49)40-19-6-2-7-20-40)61-50-27-13-12-25-47(50)48-26-16-30-53(54(48)61)62-51-28-14-10-23-45(51)46-24-11-15-29-52(46)62/h1-37H/i2D,6D,7D,19D,20D. The Kier molecular flexibility index (Phi) is 7.25. The topological polar surface area (TPSA) is 48.5 Å². The van der Waals surface area contributed by atoms with Crippen molar-refractivity contribution >= 4 is 43.6 Å². The molecule has 0 aliphatic rings. The van der Waals surface area contributed by atoms with Crippen molar-refractivity contribution in [3.05, 3.63) is 224 Å². The van der Waals surface area contributed by atoms with Crippen LogP contribution in [0.4, 0.5) is 0 Å². The number of para-hydroxylation sites is 4. The van der Waals surface area contributed by atoms with Gasteiger partial charge in [-0.15, -0.1) is 0 Å². The molecule has 0 aliphatic carbocycles. The largest absolute Gasteiger partial charge is 0.307 e. The van der Waals surface area contributed by atoms with Gasteiger partial charge in [0.1, 0.15) is 0 Å². The Morgan fingerprint density at radius 3 is 1.47 bits per heavy atom.